The topological polar surface area (TPSA) is 52.3 Å². The maximum Gasteiger partial charge on any atom is 0.165 e. The number of halogens is 1. The summed E-state index contributed by atoms with van der Waals surface area (Å²) in [4.78, 5) is 15.7. The third kappa shape index (κ3) is 3.26. The smallest absolute Gasteiger partial charge is 0.165 e. The van der Waals surface area contributed by atoms with Crippen LogP contribution in [-0.2, 0) is 4.84 Å². The minimum Gasteiger partial charge on any atom is -0.304 e. The number of hydrogen-bond acceptors (Lipinski definition) is 3. The van der Waals surface area contributed by atoms with Crippen LogP contribution in [0.2, 0.25) is 0 Å². The third-order valence-corrected chi connectivity index (χ3v) is 2.14. The van der Waals surface area contributed by atoms with Crippen LogP contribution >= 0.6 is 15.9 Å². The molecule has 0 fully saturated rings. The summed E-state index contributed by atoms with van der Waals surface area (Å²) in [6.45, 7) is 0.259. The van der Waals surface area contributed by atoms with E-state index in [2.05, 4.69) is 20.8 Å². The van der Waals surface area contributed by atoms with Crippen LogP contribution in [-0.4, -0.2) is 12.4 Å². The Balaban J connectivity index is 2.61. The molecule has 0 bridgehead atoms. The highest BCUT2D eigenvalue weighted by Gasteiger charge is 2.04. The second kappa shape index (κ2) is 5.11. The molecule has 0 saturated carbocycles. The highest BCUT2D eigenvalue weighted by molar-refractivity contribution is 9.10. The first-order valence-electron chi connectivity index (χ1n) is 3.84. The van der Waals surface area contributed by atoms with E-state index in [4.69, 9.17) is 5.90 Å². The van der Waals surface area contributed by atoms with E-state index in [1.165, 1.54) is 0 Å². The van der Waals surface area contributed by atoms with Crippen molar-refractivity contribution in [3.63, 3.8) is 0 Å². The van der Waals surface area contributed by atoms with Gasteiger partial charge < -0.3 is 4.84 Å². The summed E-state index contributed by atoms with van der Waals surface area (Å²) in [5.74, 6) is 4.86. The molecule has 1 aromatic carbocycles. The molecular formula is C9H10BrNO2. The summed E-state index contributed by atoms with van der Waals surface area (Å²) < 4.78 is 0.958. The quantitative estimate of drug-likeness (QED) is 0.650. The standard InChI is InChI=1S/C9H10BrNO2/c10-8-3-1-7(2-4-8)9(12)5-6-13-11/h1-4H,5-6,11H2. The molecule has 13 heavy (non-hydrogen) atoms. The minimum atomic E-state index is 0.0398. The monoisotopic (exact) mass is 243 g/mol. The Morgan fingerprint density at radius 3 is 2.54 bits per heavy atom. The molecule has 0 saturated heterocycles. The van der Waals surface area contributed by atoms with E-state index in [0.717, 1.165) is 4.47 Å². The summed E-state index contributed by atoms with van der Waals surface area (Å²) in [5, 5.41) is 0. The number of rotatable bonds is 4. The fourth-order valence-electron chi connectivity index (χ4n) is 0.932. The maximum atomic E-state index is 11.4. The number of benzene rings is 1. The van der Waals surface area contributed by atoms with E-state index >= 15 is 0 Å². The Bertz CT molecular complexity index is 284. The molecule has 2 N–H and O–H groups in total. The van der Waals surface area contributed by atoms with Gasteiger partial charge in [0.25, 0.3) is 0 Å². The van der Waals surface area contributed by atoms with E-state index in [1.54, 1.807) is 12.1 Å². The van der Waals surface area contributed by atoms with Gasteiger partial charge in [0.05, 0.1) is 6.61 Å². The summed E-state index contributed by atoms with van der Waals surface area (Å²) >= 11 is 3.29. The maximum absolute atomic E-state index is 11.4. The van der Waals surface area contributed by atoms with Crippen LogP contribution < -0.4 is 5.90 Å². The lowest BCUT2D eigenvalue weighted by molar-refractivity contribution is 0.0880. The Kier molecular flexibility index (Phi) is 4.08. The van der Waals surface area contributed by atoms with Gasteiger partial charge in [-0.05, 0) is 12.1 Å². The summed E-state index contributed by atoms with van der Waals surface area (Å²) in [7, 11) is 0. The van der Waals surface area contributed by atoms with Gasteiger partial charge in [0.2, 0.25) is 0 Å². The fourth-order valence-corrected chi connectivity index (χ4v) is 1.20. The van der Waals surface area contributed by atoms with E-state index in [1.807, 2.05) is 12.1 Å². The summed E-state index contributed by atoms with van der Waals surface area (Å²) in [6, 6.07) is 7.19. The Hall–Kier alpha value is -0.710. The number of Topliss-reactive ketones (excluding diaryl/α,β-unsaturated/α-hetero) is 1. The van der Waals surface area contributed by atoms with Crippen molar-refractivity contribution in [2.45, 2.75) is 6.42 Å². The normalized spacial score (nSPS) is 10.0. The second-order valence-corrected chi connectivity index (χ2v) is 3.47. The molecule has 4 heteroatoms. The van der Waals surface area contributed by atoms with Gasteiger partial charge in [0, 0.05) is 16.5 Å². The Morgan fingerprint density at radius 1 is 1.38 bits per heavy atom. The van der Waals surface area contributed by atoms with Gasteiger partial charge in [-0.2, -0.15) is 0 Å². The summed E-state index contributed by atoms with van der Waals surface area (Å²) in [5.41, 5.74) is 0.681. The molecule has 0 amide bonds. The van der Waals surface area contributed by atoms with Crippen molar-refractivity contribution in [2.75, 3.05) is 6.61 Å². The van der Waals surface area contributed by atoms with Crippen LogP contribution in [0.5, 0.6) is 0 Å². The fraction of sp³-hybridized carbons (Fsp3) is 0.222. The first-order valence-corrected chi connectivity index (χ1v) is 4.64. The van der Waals surface area contributed by atoms with Crippen molar-refractivity contribution < 1.29 is 9.63 Å². The highest BCUT2D eigenvalue weighted by atomic mass is 79.9. The van der Waals surface area contributed by atoms with Crippen molar-refractivity contribution in [2.24, 2.45) is 5.90 Å². The molecule has 0 aliphatic rings. The number of carbonyl (C=O) groups is 1. The van der Waals surface area contributed by atoms with E-state index in [9.17, 15) is 4.79 Å². The van der Waals surface area contributed by atoms with Crippen molar-refractivity contribution >= 4 is 21.7 Å². The summed E-state index contributed by atoms with van der Waals surface area (Å²) in [6.07, 6.45) is 0.318. The lowest BCUT2D eigenvalue weighted by Crippen LogP contribution is -2.07. The van der Waals surface area contributed by atoms with Gasteiger partial charge in [-0.25, -0.2) is 5.90 Å². The third-order valence-electron chi connectivity index (χ3n) is 1.61. The van der Waals surface area contributed by atoms with Crippen LogP contribution in [0.3, 0.4) is 0 Å². The van der Waals surface area contributed by atoms with E-state index in [0.29, 0.717) is 12.0 Å². The Labute approximate surface area is 85.0 Å². The number of carbonyl (C=O) groups excluding carboxylic acids is 1. The average Bonchev–Trinajstić information content (AvgIpc) is 2.15. The van der Waals surface area contributed by atoms with Crippen LogP contribution in [0.4, 0.5) is 0 Å². The predicted octanol–water partition coefficient (Wildman–Crippen LogP) is 1.91. The van der Waals surface area contributed by atoms with Gasteiger partial charge in [0.1, 0.15) is 0 Å². The average molecular weight is 244 g/mol. The Morgan fingerprint density at radius 2 is 2.00 bits per heavy atom. The molecule has 1 rings (SSSR count). The number of nitrogens with two attached hydrogens (primary N) is 1. The molecule has 3 nitrogen and oxygen atoms in total. The van der Waals surface area contributed by atoms with Crippen LogP contribution in [0.25, 0.3) is 0 Å². The predicted molar refractivity (Wildman–Crippen MR) is 53.2 cm³/mol. The van der Waals surface area contributed by atoms with Crippen LogP contribution in [0.15, 0.2) is 28.7 Å². The SMILES string of the molecule is NOCCC(=O)c1ccc(Br)cc1. The first kappa shape index (κ1) is 10.4. The van der Waals surface area contributed by atoms with Crippen molar-refractivity contribution in [1.82, 2.24) is 0 Å². The van der Waals surface area contributed by atoms with Crippen LogP contribution in [0.1, 0.15) is 16.8 Å². The zero-order valence-electron chi connectivity index (χ0n) is 7.00. The lowest BCUT2D eigenvalue weighted by atomic mass is 10.1. The van der Waals surface area contributed by atoms with Crippen LogP contribution in [0, 0.1) is 0 Å². The molecule has 0 aliphatic heterocycles. The molecule has 0 aromatic heterocycles. The van der Waals surface area contributed by atoms with E-state index < -0.39 is 0 Å². The molecular weight excluding hydrogens is 234 g/mol. The van der Waals surface area contributed by atoms with Crippen molar-refractivity contribution in [3.05, 3.63) is 34.3 Å². The molecule has 70 valence electrons. The highest BCUT2D eigenvalue weighted by Crippen LogP contribution is 2.11. The lowest BCUT2D eigenvalue weighted by Gasteiger charge is -1.99. The largest absolute Gasteiger partial charge is 0.304 e. The van der Waals surface area contributed by atoms with E-state index in [-0.39, 0.29) is 12.4 Å². The molecule has 0 aliphatic carbocycles. The second-order valence-electron chi connectivity index (χ2n) is 2.55. The van der Waals surface area contributed by atoms with Gasteiger partial charge >= 0.3 is 0 Å². The molecule has 0 spiro atoms. The van der Waals surface area contributed by atoms with Crippen molar-refractivity contribution in [3.8, 4) is 0 Å². The van der Waals surface area contributed by atoms with Gasteiger partial charge in [-0.1, -0.05) is 28.1 Å². The van der Waals surface area contributed by atoms with Crippen molar-refractivity contribution in [1.29, 1.82) is 0 Å². The number of ketones is 1. The zero-order chi connectivity index (χ0) is 9.68. The molecule has 1 aromatic rings. The molecule has 0 radical (unpaired) electrons. The van der Waals surface area contributed by atoms with Gasteiger partial charge in [0.15, 0.2) is 5.78 Å². The van der Waals surface area contributed by atoms with Gasteiger partial charge in [-0.15, -0.1) is 0 Å². The molecule has 0 atom stereocenters. The first-order chi connectivity index (χ1) is 6.24. The zero-order valence-corrected chi connectivity index (χ0v) is 8.58. The number of hydrogen-bond donors (Lipinski definition) is 1. The van der Waals surface area contributed by atoms with Gasteiger partial charge in [-0.3, -0.25) is 4.79 Å². The molecule has 0 heterocycles. The minimum absolute atomic E-state index is 0.0398. The molecule has 0 unspecified atom stereocenters.